The Bertz CT molecular complexity index is 503. The molecule has 0 N–H and O–H groups in total. The van der Waals surface area contributed by atoms with E-state index in [1.165, 1.54) is 0 Å². The quantitative estimate of drug-likeness (QED) is 0.818. The van der Waals surface area contributed by atoms with Gasteiger partial charge in [-0.3, -0.25) is 9.69 Å². The molecule has 114 valence electrons. The van der Waals surface area contributed by atoms with Crippen molar-refractivity contribution in [2.24, 2.45) is 0 Å². The molecule has 3 heterocycles. The molecule has 21 heavy (non-hydrogen) atoms. The lowest BCUT2D eigenvalue weighted by Gasteiger charge is -2.28. The number of ether oxygens (including phenoxy) is 2. The summed E-state index contributed by atoms with van der Waals surface area (Å²) < 4.78 is 11.3. The molecule has 6 heteroatoms. The molecule has 0 spiro atoms. The molecule has 1 unspecified atom stereocenters. The summed E-state index contributed by atoms with van der Waals surface area (Å²) in [6.45, 7) is 5.09. The highest BCUT2D eigenvalue weighted by atomic mass is 16.5. The second-order valence-corrected chi connectivity index (χ2v) is 5.52. The minimum absolute atomic E-state index is 0.0158. The number of hydrogen-bond acceptors (Lipinski definition) is 5. The maximum Gasteiger partial charge on any atom is 0.259 e. The Morgan fingerprint density at radius 1 is 1.38 bits per heavy atom. The molecule has 0 radical (unpaired) electrons. The predicted octanol–water partition coefficient (Wildman–Crippen LogP) is 0.637. The number of morpholine rings is 1. The highest BCUT2D eigenvalue weighted by Gasteiger charge is 2.27. The van der Waals surface area contributed by atoms with Crippen molar-refractivity contribution in [1.29, 1.82) is 0 Å². The van der Waals surface area contributed by atoms with Crippen LogP contribution < -0.4 is 4.74 Å². The second-order valence-electron chi connectivity index (χ2n) is 5.52. The van der Waals surface area contributed by atoms with Gasteiger partial charge in [0, 0.05) is 32.9 Å². The zero-order valence-electron chi connectivity index (χ0n) is 12.3. The monoisotopic (exact) mass is 291 g/mol. The zero-order valence-corrected chi connectivity index (χ0v) is 12.3. The molecule has 1 amide bonds. The van der Waals surface area contributed by atoms with Gasteiger partial charge in [-0.25, -0.2) is 4.98 Å². The molecular formula is C15H21N3O3. The van der Waals surface area contributed by atoms with Crippen LogP contribution in [0.4, 0.5) is 0 Å². The van der Waals surface area contributed by atoms with Gasteiger partial charge in [-0.15, -0.1) is 0 Å². The highest BCUT2D eigenvalue weighted by Crippen LogP contribution is 2.22. The van der Waals surface area contributed by atoms with Crippen LogP contribution in [0.5, 0.6) is 5.88 Å². The third-order valence-corrected chi connectivity index (χ3v) is 3.98. The molecule has 0 aliphatic carbocycles. The van der Waals surface area contributed by atoms with Crippen molar-refractivity contribution < 1.29 is 14.3 Å². The Hall–Kier alpha value is -1.66. The van der Waals surface area contributed by atoms with Crippen LogP contribution in [0.3, 0.4) is 0 Å². The maximum atomic E-state index is 12.3. The van der Waals surface area contributed by atoms with E-state index in [0.29, 0.717) is 18.0 Å². The minimum Gasteiger partial charge on any atom is -0.472 e. The van der Waals surface area contributed by atoms with Gasteiger partial charge < -0.3 is 14.4 Å². The maximum absolute atomic E-state index is 12.3. The van der Waals surface area contributed by atoms with Crippen molar-refractivity contribution in [2.75, 3.05) is 46.4 Å². The van der Waals surface area contributed by atoms with Crippen LogP contribution in [-0.4, -0.2) is 73.2 Å². The van der Waals surface area contributed by atoms with E-state index in [0.717, 1.165) is 39.3 Å². The number of amides is 1. The first-order valence-electron chi connectivity index (χ1n) is 7.41. The third-order valence-electron chi connectivity index (χ3n) is 3.98. The van der Waals surface area contributed by atoms with Crippen LogP contribution in [0.1, 0.15) is 16.8 Å². The van der Waals surface area contributed by atoms with E-state index in [9.17, 15) is 4.79 Å². The van der Waals surface area contributed by atoms with Crippen LogP contribution in [-0.2, 0) is 4.74 Å². The number of carbonyl (C=O) groups is 1. The summed E-state index contributed by atoms with van der Waals surface area (Å²) in [6, 6.07) is 3.54. The zero-order chi connectivity index (χ0) is 14.7. The van der Waals surface area contributed by atoms with E-state index in [4.69, 9.17) is 9.47 Å². The van der Waals surface area contributed by atoms with Crippen molar-refractivity contribution in [3.05, 3.63) is 23.9 Å². The first-order valence-corrected chi connectivity index (χ1v) is 7.41. The van der Waals surface area contributed by atoms with Crippen molar-refractivity contribution in [3.63, 3.8) is 0 Å². The summed E-state index contributed by atoms with van der Waals surface area (Å²) in [4.78, 5) is 20.6. The largest absolute Gasteiger partial charge is 0.472 e. The lowest BCUT2D eigenvalue weighted by molar-refractivity contribution is 0.0302. The summed E-state index contributed by atoms with van der Waals surface area (Å²) in [5.74, 6) is 0.436. The Balaban J connectivity index is 1.65. The molecule has 3 rings (SSSR count). The molecule has 0 aromatic carbocycles. The standard InChI is InChI=1S/C15H21N3O3/c1-17-11-12(4-6-18-7-9-20-10-8-18)21-14-13(15(17)19)3-2-5-16-14/h2-3,5,12H,4,6-11H2,1H3. The molecule has 2 aliphatic rings. The highest BCUT2D eigenvalue weighted by molar-refractivity contribution is 5.96. The van der Waals surface area contributed by atoms with E-state index in [2.05, 4.69) is 9.88 Å². The van der Waals surface area contributed by atoms with E-state index in [-0.39, 0.29) is 12.0 Å². The van der Waals surface area contributed by atoms with Crippen LogP contribution in [0.25, 0.3) is 0 Å². The molecule has 0 saturated carbocycles. The van der Waals surface area contributed by atoms with Gasteiger partial charge in [-0.2, -0.15) is 0 Å². The van der Waals surface area contributed by atoms with Crippen LogP contribution in [0, 0.1) is 0 Å². The van der Waals surface area contributed by atoms with Gasteiger partial charge in [0.25, 0.3) is 5.91 Å². The van der Waals surface area contributed by atoms with E-state index >= 15 is 0 Å². The SMILES string of the molecule is CN1CC(CCN2CCOCC2)Oc2ncccc2C1=O. The number of hydrogen-bond donors (Lipinski definition) is 0. The van der Waals surface area contributed by atoms with E-state index < -0.39 is 0 Å². The fourth-order valence-corrected chi connectivity index (χ4v) is 2.74. The topological polar surface area (TPSA) is 54.9 Å². The molecule has 1 aromatic heterocycles. The fourth-order valence-electron chi connectivity index (χ4n) is 2.74. The van der Waals surface area contributed by atoms with Gasteiger partial charge in [-0.1, -0.05) is 0 Å². The molecule has 1 aromatic rings. The summed E-state index contributed by atoms with van der Waals surface area (Å²) in [5, 5.41) is 0. The lowest BCUT2D eigenvalue weighted by atomic mass is 10.2. The number of rotatable bonds is 3. The average molecular weight is 291 g/mol. The van der Waals surface area contributed by atoms with E-state index in [1.54, 1.807) is 23.2 Å². The van der Waals surface area contributed by atoms with Gasteiger partial charge >= 0.3 is 0 Å². The molecule has 6 nitrogen and oxygen atoms in total. The molecule has 1 fully saturated rings. The van der Waals surface area contributed by atoms with Gasteiger partial charge in [0.15, 0.2) is 0 Å². The van der Waals surface area contributed by atoms with Crippen molar-refractivity contribution in [3.8, 4) is 5.88 Å². The molecule has 1 atom stereocenters. The number of carbonyl (C=O) groups excluding carboxylic acids is 1. The van der Waals surface area contributed by atoms with Gasteiger partial charge in [-0.05, 0) is 18.6 Å². The summed E-state index contributed by atoms with van der Waals surface area (Å²) in [5.41, 5.74) is 0.550. The molecule has 2 aliphatic heterocycles. The van der Waals surface area contributed by atoms with Crippen molar-refractivity contribution in [2.45, 2.75) is 12.5 Å². The number of fused-ring (bicyclic) bond motifs is 1. The number of likely N-dealkylation sites (N-methyl/N-ethyl adjacent to an activating group) is 1. The second kappa shape index (κ2) is 6.41. The molecule has 1 saturated heterocycles. The van der Waals surface area contributed by atoms with Gasteiger partial charge in [0.2, 0.25) is 5.88 Å². The van der Waals surface area contributed by atoms with Gasteiger partial charge in [0.05, 0.1) is 19.8 Å². The first-order chi connectivity index (χ1) is 10.2. The summed E-state index contributed by atoms with van der Waals surface area (Å²) >= 11 is 0. The van der Waals surface area contributed by atoms with E-state index in [1.807, 2.05) is 7.05 Å². The number of aromatic nitrogens is 1. The minimum atomic E-state index is -0.0213. The van der Waals surface area contributed by atoms with Crippen molar-refractivity contribution >= 4 is 5.91 Å². The third kappa shape index (κ3) is 3.33. The van der Waals surface area contributed by atoms with Crippen molar-refractivity contribution in [1.82, 2.24) is 14.8 Å². The first kappa shape index (κ1) is 14.3. The Labute approximate surface area is 124 Å². The fraction of sp³-hybridized carbons (Fsp3) is 0.600. The number of nitrogens with zero attached hydrogens (tertiary/aromatic N) is 3. The smallest absolute Gasteiger partial charge is 0.259 e. The average Bonchev–Trinajstić information content (AvgIpc) is 2.64. The lowest BCUT2D eigenvalue weighted by Crippen LogP contribution is -2.40. The Morgan fingerprint density at radius 2 is 2.19 bits per heavy atom. The summed E-state index contributed by atoms with van der Waals surface area (Å²) in [6.07, 6.45) is 2.53. The van der Waals surface area contributed by atoms with Crippen LogP contribution >= 0.6 is 0 Å². The predicted molar refractivity (Wildman–Crippen MR) is 77.5 cm³/mol. The Kier molecular flexibility index (Phi) is 4.36. The number of pyridine rings is 1. The van der Waals surface area contributed by atoms with Gasteiger partial charge in [0.1, 0.15) is 11.7 Å². The summed E-state index contributed by atoms with van der Waals surface area (Å²) in [7, 11) is 1.82. The normalized spacial score (nSPS) is 23.4. The Morgan fingerprint density at radius 3 is 3.00 bits per heavy atom. The van der Waals surface area contributed by atoms with Crippen LogP contribution in [0.2, 0.25) is 0 Å². The molecule has 0 bridgehead atoms. The van der Waals surface area contributed by atoms with Crippen LogP contribution in [0.15, 0.2) is 18.3 Å². The molecular weight excluding hydrogens is 270 g/mol.